The lowest BCUT2D eigenvalue weighted by Crippen LogP contribution is -2.54. The van der Waals surface area contributed by atoms with E-state index in [0.717, 1.165) is 16.5 Å². The fourth-order valence-corrected chi connectivity index (χ4v) is 3.96. The van der Waals surface area contributed by atoms with Crippen LogP contribution in [0.25, 0.3) is 10.9 Å². The smallest absolute Gasteiger partial charge is 0.326 e. The third-order valence-corrected chi connectivity index (χ3v) is 6.04. The number of aromatic amines is 1. The number of hydrogen-bond donors (Lipinski definition) is 10. The minimum absolute atomic E-state index is 0.0665. The van der Waals surface area contributed by atoms with E-state index in [9.17, 15) is 24.3 Å². The van der Waals surface area contributed by atoms with Crippen LogP contribution in [0, 0.1) is 0 Å². The molecule has 1 aromatic carbocycles. The van der Waals surface area contributed by atoms with E-state index in [4.69, 9.17) is 28.7 Å². The van der Waals surface area contributed by atoms with E-state index < -0.39 is 48.4 Å². The van der Waals surface area contributed by atoms with Gasteiger partial charge in [0.1, 0.15) is 12.1 Å². The number of carbonyl (C=O) groups excluding carboxylic acids is 3. The first-order valence-electron chi connectivity index (χ1n) is 13.0. The first kappa shape index (κ1) is 32.4. The molecule has 41 heavy (non-hydrogen) atoms. The molecule has 1 heterocycles. The topological polar surface area (TPSA) is 295 Å². The van der Waals surface area contributed by atoms with Gasteiger partial charge in [-0.05, 0) is 37.3 Å². The van der Waals surface area contributed by atoms with E-state index in [1.807, 2.05) is 24.3 Å². The Morgan fingerprint density at radius 2 is 1.51 bits per heavy atom. The summed E-state index contributed by atoms with van der Waals surface area (Å²) in [5.41, 5.74) is 28.7. The van der Waals surface area contributed by atoms with Crippen LogP contribution in [0.15, 0.2) is 40.4 Å². The fraction of sp³-hybridized carbons (Fsp3) is 0.440. The molecule has 2 aromatic rings. The number of hydrogen-bond acceptors (Lipinski definition) is 7. The maximum Gasteiger partial charge on any atom is 0.326 e. The number of nitrogens with one attached hydrogen (secondary N) is 4. The van der Waals surface area contributed by atoms with Crippen molar-refractivity contribution in [3.63, 3.8) is 0 Å². The predicted octanol–water partition coefficient (Wildman–Crippen LogP) is -2.68. The zero-order valence-corrected chi connectivity index (χ0v) is 22.6. The summed E-state index contributed by atoms with van der Waals surface area (Å²) >= 11 is 0. The molecule has 0 radical (unpaired) electrons. The van der Waals surface area contributed by atoms with Crippen LogP contribution in [0.2, 0.25) is 0 Å². The number of carbonyl (C=O) groups is 4. The van der Waals surface area contributed by atoms with Gasteiger partial charge in [-0.25, -0.2) is 4.79 Å². The molecule has 0 saturated carbocycles. The Kier molecular flexibility index (Phi) is 12.9. The molecular formula is C25H39N11O5. The summed E-state index contributed by atoms with van der Waals surface area (Å²) in [6.45, 7) is -0.0188. The molecule has 0 aliphatic carbocycles. The molecule has 0 fully saturated rings. The first-order chi connectivity index (χ1) is 19.5. The van der Waals surface area contributed by atoms with Gasteiger partial charge in [-0.15, -0.1) is 0 Å². The quantitative estimate of drug-likeness (QED) is 0.0531. The number of amides is 3. The van der Waals surface area contributed by atoms with E-state index >= 15 is 0 Å². The van der Waals surface area contributed by atoms with Crippen LogP contribution in [0.5, 0.6) is 0 Å². The zero-order chi connectivity index (χ0) is 30.4. The summed E-state index contributed by atoms with van der Waals surface area (Å²) in [7, 11) is 0. The number of benzene rings is 1. The number of aliphatic carboxylic acids is 1. The highest BCUT2D eigenvalue weighted by molar-refractivity contribution is 5.93. The highest BCUT2D eigenvalue weighted by Gasteiger charge is 2.26. The first-order valence-corrected chi connectivity index (χ1v) is 13.0. The van der Waals surface area contributed by atoms with Crippen molar-refractivity contribution in [1.29, 1.82) is 0 Å². The third-order valence-electron chi connectivity index (χ3n) is 6.04. The lowest BCUT2D eigenvalue weighted by atomic mass is 10.0. The van der Waals surface area contributed by atoms with Gasteiger partial charge in [0.15, 0.2) is 11.9 Å². The molecule has 16 nitrogen and oxygen atoms in total. The predicted molar refractivity (Wildman–Crippen MR) is 154 cm³/mol. The van der Waals surface area contributed by atoms with E-state index in [1.165, 1.54) is 0 Å². The summed E-state index contributed by atoms with van der Waals surface area (Å²) in [6, 6.07) is 4.25. The molecule has 0 saturated heterocycles. The van der Waals surface area contributed by atoms with Crippen molar-refractivity contribution in [2.75, 3.05) is 19.6 Å². The summed E-state index contributed by atoms with van der Waals surface area (Å²) < 4.78 is 0. The molecule has 224 valence electrons. The number of carboxylic acid groups (broad SMARTS) is 1. The van der Waals surface area contributed by atoms with Crippen molar-refractivity contribution in [3.05, 3.63) is 36.0 Å². The van der Waals surface area contributed by atoms with Crippen LogP contribution in [0.4, 0.5) is 0 Å². The van der Waals surface area contributed by atoms with Gasteiger partial charge in [-0.3, -0.25) is 24.4 Å². The maximum atomic E-state index is 13.1. The number of fused-ring (bicyclic) bond motifs is 1. The van der Waals surface area contributed by atoms with Crippen molar-refractivity contribution >= 4 is 46.5 Å². The van der Waals surface area contributed by atoms with Crippen LogP contribution in [0.1, 0.15) is 31.2 Å². The van der Waals surface area contributed by atoms with Gasteiger partial charge < -0.3 is 54.7 Å². The Bertz CT molecular complexity index is 1250. The van der Waals surface area contributed by atoms with Crippen LogP contribution < -0.4 is 44.6 Å². The van der Waals surface area contributed by atoms with Gasteiger partial charge in [0.25, 0.3) is 0 Å². The van der Waals surface area contributed by atoms with Crippen LogP contribution in [-0.4, -0.2) is 83.5 Å². The molecule has 0 unspecified atom stereocenters. The molecule has 16 heteroatoms. The van der Waals surface area contributed by atoms with Gasteiger partial charge in [-0.2, -0.15) is 0 Å². The van der Waals surface area contributed by atoms with Gasteiger partial charge in [0, 0.05) is 36.6 Å². The summed E-state index contributed by atoms with van der Waals surface area (Å²) in [4.78, 5) is 60.7. The second-order valence-electron chi connectivity index (χ2n) is 9.31. The standard InChI is InChI=1S/C25H39N11O5/c26-16(6-3-9-31-24(27)28)21(38)36-19(11-14-12-33-17-7-2-1-5-15(14)17)22(39)34-13-20(37)35-18(23(40)41)8-4-10-32-25(29)30/h1-2,5,7,12,16,18-19,33H,3-4,6,8-11,13,26H2,(H,34,39)(H,35,37)(H,36,38)(H,40,41)(H4,27,28,31)(H4,29,30,32)/t16-,18-,19-/m0/s1. The van der Waals surface area contributed by atoms with Crippen molar-refractivity contribution in [1.82, 2.24) is 20.9 Å². The zero-order valence-electron chi connectivity index (χ0n) is 22.6. The average molecular weight is 574 g/mol. The molecule has 2 rings (SSSR count). The molecule has 3 atom stereocenters. The largest absolute Gasteiger partial charge is 0.480 e. The van der Waals surface area contributed by atoms with Crippen molar-refractivity contribution in [3.8, 4) is 0 Å². The molecule has 3 amide bonds. The molecule has 0 spiro atoms. The number of guanidine groups is 2. The Balaban J connectivity index is 2.04. The number of rotatable bonds is 17. The lowest BCUT2D eigenvalue weighted by molar-refractivity contribution is -0.142. The number of para-hydroxylation sites is 1. The maximum absolute atomic E-state index is 13.1. The average Bonchev–Trinajstić information content (AvgIpc) is 3.33. The van der Waals surface area contributed by atoms with E-state index in [2.05, 4.69) is 30.9 Å². The highest BCUT2D eigenvalue weighted by Crippen LogP contribution is 2.19. The minimum atomic E-state index is -1.24. The molecule has 0 bridgehead atoms. The Morgan fingerprint density at radius 3 is 2.15 bits per heavy atom. The van der Waals surface area contributed by atoms with Crippen molar-refractivity contribution < 1.29 is 24.3 Å². The molecule has 0 aliphatic heterocycles. The van der Waals surface area contributed by atoms with Gasteiger partial charge >= 0.3 is 5.97 Å². The number of H-pyrrole nitrogens is 1. The fourth-order valence-electron chi connectivity index (χ4n) is 3.96. The second-order valence-corrected chi connectivity index (χ2v) is 9.31. The molecular weight excluding hydrogens is 534 g/mol. The molecule has 1 aromatic heterocycles. The Hall–Kier alpha value is -4.86. The second kappa shape index (κ2) is 16.3. The number of nitrogens with two attached hydrogens (primary N) is 5. The monoisotopic (exact) mass is 573 g/mol. The van der Waals surface area contributed by atoms with Gasteiger partial charge in [0.05, 0.1) is 12.6 Å². The normalized spacial score (nSPS) is 12.9. The molecule has 15 N–H and O–H groups in total. The lowest BCUT2D eigenvalue weighted by Gasteiger charge is -2.21. The van der Waals surface area contributed by atoms with E-state index in [1.54, 1.807) is 6.20 Å². The Labute approximate surface area is 236 Å². The number of aliphatic imine (C=N–C) groups is 2. The Morgan fingerprint density at radius 1 is 0.878 bits per heavy atom. The van der Waals surface area contributed by atoms with Crippen molar-refractivity contribution in [2.24, 2.45) is 38.7 Å². The van der Waals surface area contributed by atoms with E-state index in [-0.39, 0.29) is 37.7 Å². The van der Waals surface area contributed by atoms with Crippen LogP contribution >= 0.6 is 0 Å². The minimum Gasteiger partial charge on any atom is -0.480 e. The van der Waals surface area contributed by atoms with Gasteiger partial charge in [-0.1, -0.05) is 18.2 Å². The van der Waals surface area contributed by atoms with Crippen LogP contribution in [0.3, 0.4) is 0 Å². The number of nitrogens with zero attached hydrogens (tertiary/aromatic N) is 2. The third kappa shape index (κ3) is 11.4. The summed E-state index contributed by atoms with van der Waals surface area (Å²) in [5.74, 6) is -3.36. The summed E-state index contributed by atoms with van der Waals surface area (Å²) in [6.07, 6.45) is 2.94. The van der Waals surface area contributed by atoms with Crippen LogP contribution in [-0.2, 0) is 25.6 Å². The van der Waals surface area contributed by atoms with Crippen molar-refractivity contribution in [2.45, 2.75) is 50.2 Å². The SMILES string of the molecule is NC(N)=NCCC[C@H](NC(=O)CNC(=O)[C@H](Cc1c[nH]c2ccccc12)NC(=O)[C@@H](N)CCCN=C(N)N)C(=O)O. The highest BCUT2D eigenvalue weighted by atomic mass is 16.4. The van der Waals surface area contributed by atoms with E-state index in [0.29, 0.717) is 19.4 Å². The summed E-state index contributed by atoms with van der Waals surface area (Å²) in [5, 5.41) is 17.8. The van der Waals surface area contributed by atoms with Gasteiger partial charge in [0.2, 0.25) is 17.7 Å². The molecule has 0 aliphatic rings. The number of carboxylic acids is 1. The number of aromatic nitrogens is 1.